The fourth-order valence-electron chi connectivity index (χ4n) is 3.76. The summed E-state index contributed by atoms with van der Waals surface area (Å²) in [6.07, 6.45) is 3.48. The lowest BCUT2D eigenvalue weighted by atomic mass is 10.1. The number of rotatable bonds is 4. The van der Waals surface area contributed by atoms with Crippen molar-refractivity contribution in [2.45, 2.75) is 44.3 Å². The first-order valence-corrected chi connectivity index (χ1v) is 8.92. The highest BCUT2D eigenvalue weighted by Crippen LogP contribution is 2.32. The summed E-state index contributed by atoms with van der Waals surface area (Å²) in [4.78, 5) is 27.0. The molecule has 0 aliphatic carbocycles. The molecule has 1 aromatic carbocycles. The molecule has 2 fully saturated rings. The maximum atomic E-state index is 12.6. The van der Waals surface area contributed by atoms with Crippen LogP contribution in [0.5, 0.6) is 11.5 Å². The first-order valence-electron chi connectivity index (χ1n) is 8.92. The third kappa shape index (κ3) is 3.73. The summed E-state index contributed by atoms with van der Waals surface area (Å²) >= 11 is 0. The predicted octanol–water partition coefficient (Wildman–Crippen LogP) is 1.20. The van der Waals surface area contributed by atoms with Crippen molar-refractivity contribution in [2.24, 2.45) is 0 Å². The molecule has 26 heavy (non-hydrogen) atoms. The number of nitrogens with zero attached hydrogens (tertiary/aromatic N) is 1. The van der Waals surface area contributed by atoms with Crippen LogP contribution in [0.2, 0.25) is 0 Å². The Morgan fingerprint density at radius 2 is 2.04 bits per heavy atom. The molecule has 1 aromatic rings. The van der Waals surface area contributed by atoms with Gasteiger partial charge in [0.25, 0.3) is 0 Å². The van der Waals surface area contributed by atoms with Crippen LogP contribution in [-0.4, -0.2) is 48.7 Å². The minimum absolute atomic E-state index is 0. The SMILES string of the molecule is Cl.O=C(NCc1ccc2c(c1)OCO2)[C@@H]1CCCN1C(=O)[C@@H]1CCCN1. The van der Waals surface area contributed by atoms with Gasteiger partial charge in [-0.2, -0.15) is 0 Å². The average Bonchev–Trinajstić information content (AvgIpc) is 3.39. The summed E-state index contributed by atoms with van der Waals surface area (Å²) in [6, 6.07) is 5.16. The van der Waals surface area contributed by atoms with E-state index in [9.17, 15) is 9.59 Å². The van der Waals surface area contributed by atoms with Gasteiger partial charge >= 0.3 is 0 Å². The van der Waals surface area contributed by atoms with Gasteiger partial charge in [-0.3, -0.25) is 9.59 Å². The Morgan fingerprint density at radius 3 is 2.85 bits per heavy atom. The Labute approximate surface area is 158 Å². The molecular formula is C18H24ClN3O4. The standard InChI is InChI=1S/C18H23N3O4.ClH/c22-17(20-10-12-5-6-15-16(9-12)25-11-24-15)14-4-2-8-21(14)18(23)13-3-1-7-19-13;/h5-6,9,13-14,19H,1-4,7-8,10-11H2,(H,20,22);1H/t13-,14-;/m0./s1. The smallest absolute Gasteiger partial charge is 0.243 e. The molecule has 2 saturated heterocycles. The molecular weight excluding hydrogens is 358 g/mol. The molecule has 0 aromatic heterocycles. The summed E-state index contributed by atoms with van der Waals surface area (Å²) < 4.78 is 10.6. The summed E-state index contributed by atoms with van der Waals surface area (Å²) in [5.41, 5.74) is 0.950. The largest absolute Gasteiger partial charge is 0.454 e. The fourth-order valence-corrected chi connectivity index (χ4v) is 3.76. The summed E-state index contributed by atoms with van der Waals surface area (Å²) in [5, 5.41) is 6.18. The third-order valence-electron chi connectivity index (χ3n) is 5.10. The Kier molecular flexibility index (Phi) is 5.88. The van der Waals surface area contributed by atoms with Crippen LogP contribution in [0.4, 0.5) is 0 Å². The molecule has 142 valence electrons. The molecule has 0 unspecified atom stereocenters. The van der Waals surface area contributed by atoms with E-state index < -0.39 is 0 Å². The van der Waals surface area contributed by atoms with E-state index >= 15 is 0 Å². The number of carbonyl (C=O) groups is 2. The Bertz CT molecular complexity index is 678. The van der Waals surface area contributed by atoms with E-state index in [1.54, 1.807) is 4.90 Å². The van der Waals surface area contributed by atoms with Gasteiger partial charge in [0.1, 0.15) is 6.04 Å². The maximum Gasteiger partial charge on any atom is 0.243 e. The zero-order valence-electron chi connectivity index (χ0n) is 14.5. The van der Waals surface area contributed by atoms with Gasteiger partial charge in [0.05, 0.1) is 6.04 Å². The number of amides is 2. The molecule has 2 amide bonds. The number of ether oxygens (including phenoxy) is 2. The molecule has 3 heterocycles. The first kappa shape index (κ1) is 18.8. The van der Waals surface area contributed by atoms with Crippen molar-refractivity contribution < 1.29 is 19.1 Å². The van der Waals surface area contributed by atoms with Gasteiger partial charge in [0.2, 0.25) is 18.6 Å². The zero-order chi connectivity index (χ0) is 17.2. The number of nitrogens with one attached hydrogen (secondary N) is 2. The van der Waals surface area contributed by atoms with Crippen molar-refractivity contribution in [3.8, 4) is 11.5 Å². The van der Waals surface area contributed by atoms with Crippen LogP contribution < -0.4 is 20.1 Å². The number of fused-ring (bicyclic) bond motifs is 1. The monoisotopic (exact) mass is 381 g/mol. The number of carbonyl (C=O) groups excluding carboxylic acids is 2. The van der Waals surface area contributed by atoms with Gasteiger partial charge < -0.3 is 25.0 Å². The molecule has 4 rings (SSSR count). The maximum absolute atomic E-state index is 12.6. The topological polar surface area (TPSA) is 79.9 Å². The number of hydrogen-bond acceptors (Lipinski definition) is 5. The molecule has 3 aliphatic rings. The highest BCUT2D eigenvalue weighted by molar-refractivity contribution is 5.90. The Morgan fingerprint density at radius 1 is 1.19 bits per heavy atom. The summed E-state index contributed by atoms with van der Waals surface area (Å²) in [5.74, 6) is 1.42. The van der Waals surface area contributed by atoms with Gasteiger partial charge in [-0.05, 0) is 49.9 Å². The van der Waals surface area contributed by atoms with Crippen molar-refractivity contribution in [2.75, 3.05) is 19.9 Å². The summed E-state index contributed by atoms with van der Waals surface area (Å²) in [6.45, 7) is 2.19. The number of halogens is 1. The zero-order valence-corrected chi connectivity index (χ0v) is 15.3. The molecule has 2 N–H and O–H groups in total. The van der Waals surface area contributed by atoms with Crippen LogP contribution >= 0.6 is 12.4 Å². The highest BCUT2D eigenvalue weighted by atomic mass is 35.5. The molecule has 0 saturated carbocycles. The molecule has 2 atom stereocenters. The molecule has 0 bridgehead atoms. The Hall–Kier alpha value is -1.99. The normalized spacial score (nSPS) is 23.6. The van der Waals surface area contributed by atoms with Crippen LogP contribution in [0.3, 0.4) is 0 Å². The quantitative estimate of drug-likeness (QED) is 0.819. The van der Waals surface area contributed by atoms with Gasteiger partial charge in [-0.25, -0.2) is 0 Å². The van der Waals surface area contributed by atoms with Gasteiger partial charge in [-0.1, -0.05) is 6.07 Å². The van der Waals surface area contributed by atoms with Crippen LogP contribution in [0.15, 0.2) is 18.2 Å². The van der Waals surface area contributed by atoms with Crippen molar-refractivity contribution in [3.63, 3.8) is 0 Å². The van der Waals surface area contributed by atoms with E-state index in [4.69, 9.17) is 9.47 Å². The second kappa shape index (κ2) is 8.14. The molecule has 0 radical (unpaired) electrons. The predicted molar refractivity (Wildman–Crippen MR) is 97.4 cm³/mol. The fraction of sp³-hybridized carbons (Fsp3) is 0.556. The third-order valence-corrected chi connectivity index (χ3v) is 5.10. The Balaban J connectivity index is 0.00000196. The van der Waals surface area contributed by atoms with E-state index in [2.05, 4.69) is 10.6 Å². The first-order chi connectivity index (χ1) is 12.2. The summed E-state index contributed by atoms with van der Waals surface area (Å²) in [7, 11) is 0. The van der Waals surface area contributed by atoms with E-state index in [0.29, 0.717) is 18.8 Å². The second-order valence-electron chi connectivity index (χ2n) is 6.74. The van der Waals surface area contributed by atoms with Crippen molar-refractivity contribution in [1.82, 2.24) is 15.5 Å². The highest BCUT2D eigenvalue weighted by Gasteiger charge is 2.37. The number of likely N-dealkylation sites (tertiary alicyclic amines) is 1. The van der Waals surface area contributed by atoms with Crippen LogP contribution in [0, 0.1) is 0 Å². The molecule has 7 nitrogen and oxygen atoms in total. The van der Waals surface area contributed by atoms with E-state index in [1.807, 2.05) is 18.2 Å². The lowest BCUT2D eigenvalue weighted by Gasteiger charge is -2.26. The average molecular weight is 382 g/mol. The van der Waals surface area contributed by atoms with Crippen LogP contribution in [-0.2, 0) is 16.1 Å². The minimum atomic E-state index is -0.357. The molecule has 0 spiro atoms. The van der Waals surface area contributed by atoms with Crippen LogP contribution in [0.25, 0.3) is 0 Å². The van der Waals surface area contributed by atoms with Crippen LogP contribution in [0.1, 0.15) is 31.2 Å². The second-order valence-corrected chi connectivity index (χ2v) is 6.74. The molecule has 8 heteroatoms. The number of hydrogen-bond donors (Lipinski definition) is 2. The lowest BCUT2D eigenvalue weighted by molar-refractivity contribution is -0.139. The van der Waals surface area contributed by atoms with E-state index in [1.165, 1.54) is 0 Å². The number of benzene rings is 1. The van der Waals surface area contributed by atoms with E-state index in [0.717, 1.165) is 43.5 Å². The van der Waals surface area contributed by atoms with Crippen molar-refractivity contribution in [3.05, 3.63) is 23.8 Å². The minimum Gasteiger partial charge on any atom is -0.454 e. The van der Waals surface area contributed by atoms with Gasteiger partial charge in [-0.15, -0.1) is 12.4 Å². The van der Waals surface area contributed by atoms with Gasteiger partial charge in [0.15, 0.2) is 11.5 Å². The lowest BCUT2D eigenvalue weighted by Crippen LogP contribution is -2.50. The van der Waals surface area contributed by atoms with Gasteiger partial charge in [0, 0.05) is 13.1 Å². The van der Waals surface area contributed by atoms with E-state index in [-0.39, 0.29) is 43.1 Å². The van der Waals surface area contributed by atoms with Crippen molar-refractivity contribution in [1.29, 1.82) is 0 Å². The van der Waals surface area contributed by atoms with Crippen molar-refractivity contribution >= 4 is 24.2 Å². The molecule has 3 aliphatic heterocycles.